The summed E-state index contributed by atoms with van der Waals surface area (Å²) in [6.07, 6.45) is -0.385. The third kappa shape index (κ3) is 5.79. The summed E-state index contributed by atoms with van der Waals surface area (Å²) in [7, 11) is 0. The first-order chi connectivity index (χ1) is 16.0. The molecule has 0 atom stereocenters. The van der Waals surface area contributed by atoms with Crippen molar-refractivity contribution in [2.24, 2.45) is 0 Å². The van der Waals surface area contributed by atoms with E-state index in [0.29, 0.717) is 32.1 Å². The largest absolute Gasteiger partial charge is 0.444 e. The number of nitrogens with zero attached hydrogens (tertiary/aromatic N) is 5. The highest BCUT2D eigenvalue weighted by Crippen LogP contribution is 2.33. The zero-order valence-electron chi connectivity index (χ0n) is 19.7. The molecule has 0 saturated carbocycles. The molecule has 0 unspecified atom stereocenters. The van der Waals surface area contributed by atoms with Crippen LogP contribution in [0.4, 0.5) is 23.9 Å². The third-order valence-electron chi connectivity index (χ3n) is 6.33. The maximum Gasteiger partial charge on any atom is 0.433 e. The SMILES string of the molecule is CC(C)(C)OC(=O)N1CCC(c2cc(C3CCN(c4nccc(C(F)(F)F)n4)CC3)n[nH]2)CC1. The molecule has 1 amide bonds. The molecular weight excluding hydrogens is 449 g/mol. The van der Waals surface area contributed by atoms with Crippen LogP contribution in [-0.2, 0) is 10.9 Å². The summed E-state index contributed by atoms with van der Waals surface area (Å²) in [5, 5.41) is 7.71. The lowest BCUT2D eigenvalue weighted by atomic mass is 9.90. The lowest BCUT2D eigenvalue weighted by molar-refractivity contribution is -0.141. The normalized spacial score (nSPS) is 18.9. The predicted octanol–water partition coefficient (Wildman–Crippen LogP) is 4.72. The molecule has 8 nitrogen and oxygen atoms in total. The second kappa shape index (κ2) is 9.42. The molecule has 2 aliphatic heterocycles. The molecule has 11 heteroatoms. The first-order valence-corrected chi connectivity index (χ1v) is 11.7. The van der Waals surface area contributed by atoms with Crippen LogP contribution in [0, 0.1) is 0 Å². The molecule has 0 radical (unpaired) electrons. The second-order valence-corrected chi connectivity index (χ2v) is 9.99. The van der Waals surface area contributed by atoms with E-state index >= 15 is 0 Å². The van der Waals surface area contributed by atoms with Gasteiger partial charge in [-0.1, -0.05) is 0 Å². The van der Waals surface area contributed by atoms with Crippen LogP contribution in [0.2, 0.25) is 0 Å². The van der Waals surface area contributed by atoms with Gasteiger partial charge in [0.1, 0.15) is 11.3 Å². The van der Waals surface area contributed by atoms with Crippen molar-refractivity contribution in [1.82, 2.24) is 25.1 Å². The van der Waals surface area contributed by atoms with Gasteiger partial charge in [-0.2, -0.15) is 18.3 Å². The molecule has 4 heterocycles. The minimum absolute atomic E-state index is 0.118. The highest BCUT2D eigenvalue weighted by atomic mass is 19.4. The van der Waals surface area contributed by atoms with Gasteiger partial charge in [0.05, 0.1) is 5.69 Å². The summed E-state index contributed by atoms with van der Waals surface area (Å²) in [5.74, 6) is 0.653. The summed E-state index contributed by atoms with van der Waals surface area (Å²) < 4.78 is 44.3. The quantitative estimate of drug-likeness (QED) is 0.684. The minimum atomic E-state index is -4.48. The van der Waals surface area contributed by atoms with Crippen molar-refractivity contribution in [1.29, 1.82) is 0 Å². The van der Waals surface area contributed by atoms with E-state index in [1.165, 1.54) is 0 Å². The maximum atomic E-state index is 13.0. The first kappa shape index (κ1) is 24.3. The van der Waals surface area contributed by atoms with Gasteiger partial charge in [0, 0.05) is 49.9 Å². The van der Waals surface area contributed by atoms with Gasteiger partial charge >= 0.3 is 12.3 Å². The topological polar surface area (TPSA) is 87.2 Å². The number of anilines is 1. The summed E-state index contributed by atoms with van der Waals surface area (Å²) in [4.78, 5) is 23.6. The number of ether oxygens (including phenoxy) is 1. The number of H-pyrrole nitrogens is 1. The molecule has 2 aromatic heterocycles. The standard InChI is InChI=1S/C23H31F3N6O2/c1-22(2,3)34-21(33)32-12-7-16(8-13-32)18-14-17(29-30-18)15-5-10-31(11-6-15)20-27-9-4-19(28-20)23(24,25)26/h4,9,14-16H,5-8,10-13H2,1-3H3,(H,29,30). The molecule has 0 aliphatic carbocycles. The molecular formula is C23H31F3N6O2. The number of aromatic amines is 1. The summed E-state index contributed by atoms with van der Waals surface area (Å²) in [5.41, 5.74) is 0.626. The van der Waals surface area contributed by atoms with Crippen LogP contribution in [0.15, 0.2) is 18.3 Å². The number of carbonyl (C=O) groups is 1. The number of nitrogens with one attached hydrogen (secondary N) is 1. The number of likely N-dealkylation sites (tertiary alicyclic amines) is 1. The Balaban J connectivity index is 1.30. The van der Waals surface area contributed by atoms with Gasteiger partial charge in [0.2, 0.25) is 5.95 Å². The smallest absolute Gasteiger partial charge is 0.433 e. The third-order valence-corrected chi connectivity index (χ3v) is 6.33. The van der Waals surface area contributed by atoms with Crippen LogP contribution in [0.1, 0.15) is 75.4 Å². The Hall–Kier alpha value is -2.85. The number of halogens is 3. The summed E-state index contributed by atoms with van der Waals surface area (Å²) >= 11 is 0. The number of rotatable bonds is 3. The number of alkyl halides is 3. The average molecular weight is 481 g/mol. The lowest BCUT2D eigenvalue weighted by Crippen LogP contribution is -2.41. The summed E-state index contributed by atoms with van der Waals surface area (Å²) in [6, 6.07) is 2.99. The van der Waals surface area contributed by atoms with Crippen molar-refractivity contribution in [2.75, 3.05) is 31.1 Å². The van der Waals surface area contributed by atoms with Crippen molar-refractivity contribution in [3.8, 4) is 0 Å². The van der Waals surface area contributed by atoms with Crippen molar-refractivity contribution < 1.29 is 22.7 Å². The second-order valence-electron chi connectivity index (χ2n) is 9.99. The van der Waals surface area contributed by atoms with Crippen molar-refractivity contribution >= 4 is 12.0 Å². The van der Waals surface area contributed by atoms with Crippen LogP contribution in [0.3, 0.4) is 0 Å². The van der Waals surface area contributed by atoms with Gasteiger partial charge in [0.25, 0.3) is 0 Å². The van der Waals surface area contributed by atoms with Crippen LogP contribution >= 0.6 is 0 Å². The fourth-order valence-corrected chi connectivity index (χ4v) is 4.50. The molecule has 4 rings (SSSR count). The van der Waals surface area contributed by atoms with E-state index in [1.54, 1.807) is 9.80 Å². The maximum absolute atomic E-state index is 13.0. The van der Waals surface area contributed by atoms with E-state index in [4.69, 9.17) is 4.74 Å². The van der Waals surface area contributed by atoms with Crippen molar-refractivity contribution in [3.63, 3.8) is 0 Å². The fraction of sp³-hybridized carbons (Fsp3) is 0.652. The Kier molecular flexibility index (Phi) is 6.73. The highest BCUT2D eigenvalue weighted by Gasteiger charge is 2.34. The predicted molar refractivity (Wildman–Crippen MR) is 120 cm³/mol. The van der Waals surface area contributed by atoms with Gasteiger partial charge in [-0.05, 0) is 58.6 Å². The highest BCUT2D eigenvalue weighted by molar-refractivity contribution is 5.68. The van der Waals surface area contributed by atoms with E-state index in [-0.39, 0.29) is 18.0 Å². The molecule has 0 aromatic carbocycles. The average Bonchev–Trinajstić information content (AvgIpc) is 3.28. The van der Waals surface area contributed by atoms with Crippen molar-refractivity contribution in [2.45, 2.75) is 70.1 Å². The van der Waals surface area contributed by atoms with E-state index in [0.717, 1.165) is 49.3 Å². The fourth-order valence-electron chi connectivity index (χ4n) is 4.50. The first-order valence-electron chi connectivity index (χ1n) is 11.7. The Morgan fingerprint density at radius 3 is 2.32 bits per heavy atom. The van der Waals surface area contributed by atoms with E-state index < -0.39 is 17.5 Å². The van der Waals surface area contributed by atoms with Crippen LogP contribution in [0.5, 0.6) is 0 Å². The zero-order chi connectivity index (χ0) is 24.5. The van der Waals surface area contributed by atoms with Crippen LogP contribution < -0.4 is 4.90 Å². The van der Waals surface area contributed by atoms with Crippen LogP contribution in [0.25, 0.3) is 0 Å². The lowest BCUT2D eigenvalue weighted by Gasteiger charge is -2.33. The zero-order valence-corrected chi connectivity index (χ0v) is 19.7. The molecule has 2 fully saturated rings. The molecule has 186 valence electrons. The number of hydrogen-bond acceptors (Lipinski definition) is 6. The molecule has 2 aromatic rings. The number of aromatic nitrogens is 4. The number of carbonyl (C=O) groups excluding carboxylic acids is 1. The Morgan fingerprint density at radius 2 is 1.71 bits per heavy atom. The molecule has 1 N–H and O–H groups in total. The number of amides is 1. The van der Waals surface area contributed by atoms with E-state index in [2.05, 4.69) is 26.2 Å². The molecule has 34 heavy (non-hydrogen) atoms. The molecule has 0 spiro atoms. The van der Waals surface area contributed by atoms with Gasteiger partial charge in [-0.25, -0.2) is 14.8 Å². The monoisotopic (exact) mass is 480 g/mol. The Labute approximate surface area is 196 Å². The van der Waals surface area contributed by atoms with Gasteiger partial charge in [0.15, 0.2) is 0 Å². The van der Waals surface area contributed by atoms with Gasteiger partial charge in [-0.15, -0.1) is 0 Å². The summed E-state index contributed by atoms with van der Waals surface area (Å²) in [6.45, 7) is 8.01. The van der Waals surface area contributed by atoms with Gasteiger partial charge < -0.3 is 14.5 Å². The van der Waals surface area contributed by atoms with Crippen LogP contribution in [-0.4, -0.2) is 62.9 Å². The van der Waals surface area contributed by atoms with Crippen molar-refractivity contribution in [3.05, 3.63) is 35.4 Å². The molecule has 2 aliphatic rings. The van der Waals surface area contributed by atoms with E-state index in [9.17, 15) is 18.0 Å². The minimum Gasteiger partial charge on any atom is -0.444 e. The number of piperidine rings is 2. The van der Waals surface area contributed by atoms with E-state index in [1.807, 2.05) is 20.8 Å². The molecule has 2 saturated heterocycles. The Bertz CT molecular complexity index is 987. The van der Waals surface area contributed by atoms with Gasteiger partial charge in [-0.3, -0.25) is 5.10 Å². The number of hydrogen-bond donors (Lipinski definition) is 1. The Morgan fingerprint density at radius 1 is 1.06 bits per heavy atom. The molecule has 0 bridgehead atoms.